The Bertz CT molecular complexity index is 334. The van der Waals surface area contributed by atoms with Crippen molar-refractivity contribution in [1.82, 2.24) is 4.98 Å². The van der Waals surface area contributed by atoms with Gasteiger partial charge in [0.25, 0.3) is 0 Å². The lowest BCUT2D eigenvalue weighted by Crippen LogP contribution is -2.05. The Morgan fingerprint density at radius 3 is 3.17 bits per heavy atom. The summed E-state index contributed by atoms with van der Waals surface area (Å²) in [6.07, 6.45) is 0. The highest BCUT2D eigenvalue weighted by Gasteiger charge is 2.32. The van der Waals surface area contributed by atoms with Crippen molar-refractivity contribution in [2.75, 3.05) is 0 Å². The van der Waals surface area contributed by atoms with E-state index in [0.717, 1.165) is 21.3 Å². The summed E-state index contributed by atoms with van der Waals surface area (Å²) in [5.41, 5.74) is 0.773. The zero-order chi connectivity index (χ0) is 8.72. The second-order valence-corrected chi connectivity index (χ2v) is 4.95. The number of hydrogen-bond donors (Lipinski definition) is 1. The molecule has 0 saturated carbocycles. The number of carboxylic acids is 1. The van der Waals surface area contributed by atoms with Crippen molar-refractivity contribution in [3.63, 3.8) is 0 Å². The van der Waals surface area contributed by atoms with Crippen LogP contribution >= 0.6 is 23.1 Å². The average Bonchev–Trinajstić information content (AvgIpc) is 2.43. The molecule has 1 atom stereocenters. The minimum Gasteiger partial charge on any atom is -0.480 e. The number of aliphatic carboxylic acids is 1. The summed E-state index contributed by atoms with van der Waals surface area (Å²) in [4.78, 5) is 16.1. The highest BCUT2D eigenvalue weighted by molar-refractivity contribution is 7.99. The van der Waals surface area contributed by atoms with Gasteiger partial charge in [-0.3, -0.25) is 4.79 Å². The fourth-order valence-electron chi connectivity index (χ4n) is 1.22. The summed E-state index contributed by atoms with van der Waals surface area (Å²) < 4.78 is 0. The molecule has 5 heteroatoms. The molecule has 0 bridgehead atoms. The van der Waals surface area contributed by atoms with Crippen LogP contribution < -0.4 is 0 Å². The summed E-state index contributed by atoms with van der Waals surface area (Å²) in [6.45, 7) is 1.91. The third-order valence-corrected chi connectivity index (χ3v) is 4.07. The van der Waals surface area contributed by atoms with Gasteiger partial charge < -0.3 is 5.11 Å². The molecule has 64 valence electrons. The van der Waals surface area contributed by atoms with Crippen molar-refractivity contribution in [1.29, 1.82) is 0 Å². The van der Waals surface area contributed by atoms with Gasteiger partial charge in [-0.05, 0) is 6.92 Å². The Morgan fingerprint density at radius 2 is 2.50 bits per heavy atom. The molecule has 0 radical (unpaired) electrons. The van der Waals surface area contributed by atoms with Crippen molar-refractivity contribution >= 4 is 29.1 Å². The van der Waals surface area contributed by atoms with Gasteiger partial charge >= 0.3 is 5.97 Å². The SMILES string of the molecule is Cc1nc2c(s1)CSC2C(=O)O. The van der Waals surface area contributed by atoms with Gasteiger partial charge in [-0.1, -0.05) is 0 Å². The third kappa shape index (κ3) is 1.13. The van der Waals surface area contributed by atoms with Crippen LogP contribution in [-0.4, -0.2) is 16.1 Å². The number of aromatic nitrogens is 1. The van der Waals surface area contributed by atoms with E-state index >= 15 is 0 Å². The van der Waals surface area contributed by atoms with Gasteiger partial charge in [0, 0.05) is 10.6 Å². The Balaban J connectivity index is 2.41. The molecule has 0 saturated heterocycles. The number of hydrogen-bond acceptors (Lipinski definition) is 4. The molecule has 1 aliphatic rings. The van der Waals surface area contributed by atoms with Crippen LogP contribution in [0.25, 0.3) is 0 Å². The molecular formula is C7H7NO2S2. The van der Waals surface area contributed by atoms with E-state index in [1.165, 1.54) is 11.8 Å². The number of aryl methyl sites for hydroxylation is 1. The van der Waals surface area contributed by atoms with Crippen LogP contribution in [0, 0.1) is 6.92 Å². The normalized spacial score (nSPS) is 20.9. The number of thiazole rings is 1. The van der Waals surface area contributed by atoms with E-state index in [1.54, 1.807) is 11.3 Å². The first-order valence-electron chi connectivity index (χ1n) is 3.49. The summed E-state index contributed by atoms with van der Waals surface area (Å²) >= 11 is 3.05. The fraction of sp³-hybridized carbons (Fsp3) is 0.429. The molecule has 1 N–H and O–H groups in total. The maximum absolute atomic E-state index is 10.7. The van der Waals surface area contributed by atoms with Gasteiger partial charge in [-0.25, -0.2) is 4.98 Å². The largest absolute Gasteiger partial charge is 0.480 e. The van der Waals surface area contributed by atoms with Crippen LogP contribution in [0.15, 0.2) is 0 Å². The standard InChI is InChI=1S/C7H7NO2S2/c1-3-8-5-4(12-3)2-11-6(5)7(9)10/h6H,2H2,1H3,(H,9,10). The first-order chi connectivity index (χ1) is 5.68. The Kier molecular flexibility index (Phi) is 1.84. The fourth-order valence-corrected chi connectivity index (χ4v) is 3.46. The van der Waals surface area contributed by atoms with E-state index in [2.05, 4.69) is 4.98 Å². The van der Waals surface area contributed by atoms with Gasteiger partial charge in [-0.15, -0.1) is 23.1 Å². The minimum absolute atomic E-state index is 0.426. The first kappa shape index (κ1) is 8.07. The Labute approximate surface area is 77.8 Å². The molecule has 0 amide bonds. The van der Waals surface area contributed by atoms with Crippen molar-refractivity contribution in [3.05, 3.63) is 15.6 Å². The van der Waals surface area contributed by atoms with E-state index in [0.29, 0.717) is 0 Å². The molecule has 2 heterocycles. The summed E-state index contributed by atoms with van der Waals surface area (Å²) in [7, 11) is 0. The highest BCUT2D eigenvalue weighted by Crippen LogP contribution is 2.43. The smallest absolute Gasteiger partial charge is 0.322 e. The predicted octanol–water partition coefficient (Wildman–Crippen LogP) is 1.82. The van der Waals surface area contributed by atoms with E-state index in [9.17, 15) is 4.79 Å². The Hall–Kier alpha value is -0.550. The third-order valence-electron chi connectivity index (χ3n) is 1.69. The molecular weight excluding hydrogens is 194 g/mol. The lowest BCUT2D eigenvalue weighted by atomic mass is 10.3. The van der Waals surface area contributed by atoms with Gasteiger partial charge in [-0.2, -0.15) is 0 Å². The van der Waals surface area contributed by atoms with Crippen molar-refractivity contribution in [2.24, 2.45) is 0 Å². The maximum atomic E-state index is 10.7. The number of nitrogens with zero attached hydrogens (tertiary/aromatic N) is 1. The van der Waals surface area contributed by atoms with Gasteiger partial charge in [0.05, 0.1) is 10.7 Å². The lowest BCUT2D eigenvalue weighted by Gasteiger charge is -1.99. The quantitative estimate of drug-likeness (QED) is 0.753. The Morgan fingerprint density at radius 1 is 1.75 bits per heavy atom. The number of fused-ring (bicyclic) bond motifs is 1. The minimum atomic E-state index is -0.774. The average molecular weight is 201 g/mol. The second kappa shape index (κ2) is 2.74. The predicted molar refractivity (Wildman–Crippen MR) is 48.5 cm³/mol. The van der Waals surface area contributed by atoms with E-state index < -0.39 is 11.2 Å². The molecule has 3 nitrogen and oxygen atoms in total. The molecule has 1 unspecified atom stereocenters. The number of thioether (sulfide) groups is 1. The van der Waals surface area contributed by atoms with Crippen LogP contribution in [0.4, 0.5) is 0 Å². The molecule has 0 spiro atoms. The second-order valence-electron chi connectivity index (χ2n) is 2.57. The summed E-state index contributed by atoms with van der Waals surface area (Å²) in [5.74, 6) is 0.0294. The zero-order valence-electron chi connectivity index (χ0n) is 6.40. The van der Waals surface area contributed by atoms with Crippen molar-refractivity contribution in [3.8, 4) is 0 Å². The van der Waals surface area contributed by atoms with Crippen LogP contribution in [0.1, 0.15) is 20.8 Å². The zero-order valence-corrected chi connectivity index (χ0v) is 8.04. The van der Waals surface area contributed by atoms with E-state index in [1.807, 2.05) is 6.92 Å². The topological polar surface area (TPSA) is 50.2 Å². The summed E-state index contributed by atoms with van der Waals surface area (Å²) in [6, 6.07) is 0. The maximum Gasteiger partial charge on any atom is 0.322 e. The van der Waals surface area contributed by atoms with Gasteiger partial charge in [0.2, 0.25) is 0 Å². The molecule has 0 fully saturated rings. The molecule has 0 aliphatic carbocycles. The molecule has 2 rings (SSSR count). The molecule has 0 aromatic carbocycles. The van der Waals surface area contributed by atoms with Crippen LogP contribution in [0.5, 0.6) is 0 Å². The lowest BCUT2D eigenvalue weighted by molar-refractivity contribution is -0.136. The molecule has 1 aromatic rings. The number of carboxylic acid groups (broad SMARTS) is 1. The van der Waals surface area contributed by atoms with Gasteiger partial charge in [0.15, 0.2) is 0 Å². The molecule has 12 heavy (non-hydrogen) atoms. The molecule has 1 aliphatic heterocycles. The van der Waals surface area contributed by atoms with E-state index in [4.69, 9.17) is 5.11 Å². The monoisotopic (exact) mass is 201 g/mol. The summed E-state index contributed by atoms with van der Waals surface area (Å²) in [5, 5.41) is 9.35. The van der Waals surface area contributed by atoms with Crippen LogP contribution in [0.3, 0.4) is 0 Å². The molecule has 1 aromatic heterocycles. The van der Waals surface area contributed by atoms with Crippen LogP contribution in [-0.2, 0) is 10.5 Å². The van der Waals surface area contributed by atoms with E-state index in [-0.39, 0.29) is 0 Å². The van der Waals surface area contributed by atoms with Crippen LogP contribution in [0.2, 0.25) is 0 Å². The first-order valence-corrected chi connectivity index (χ1v) is 5.35. The highest BCUT2D eigenvalue weighted by atomic mass is 32.2. The number of carbonyl (C=O) groups is 1. The number of rotatable bonds is 1. The van der Waals surface area contributed by atoms with Crippen molar-refractivity contribution in [2.45, 2.75) is 17.9 Å². The van der Waals surface area contributed by atoms with Gasteiger partial charge in [0.1, 0.15) is 5.25 Å². The van der Waals surface area contributed by atoms with Crippen molar-refractivity contribution < 1.29 is 9.90 Å².